The average Bonchev–Trinajstić information content (AvgIpc) is 2.33. The lowest BCUT2D eigenvalue weighted by molar-refractivity contribution is 0.483. The molecular weight excluding hydrogens is 302 g/mol. The zero-order valence-electron chi connectivity index (χ0n) is 11.4. The van der Waals surface area contributed by atoms with Gasteiger partial charge in [-0.15, -0.1) is 0 Å². The van der Waals surface area contributed by atoms with Crippen molar-refractivity contribution in [1.29, 1.82) is 0 Å². The van der Waals surface area contributed by atoms with E-state index in [-0.39, 0.29) is 5.41 Å². The Labute approximate surface area is 122 Å². The van der Waals surface area contributed by atoms with Crippen molar-refractivity contribution in [2.75, 3.05) is 5.73 Å². The molecule has 2 rings (SSSR count). The van der Waals surface area contributed by atoms with Crippen molar-refractivity contribution in [1.82, 2.24) is 0 Å². The molecule has 0 fully saturated rings. The van der Waals surface area contributed by atoms with Crippen molar-refractivity contribution >= 4 is 21.6 Å². The number of rotatable bonds is 2. The smallest absolute Gasteiger partial charge is 0.151 e. The van der Waals surface area contributed by atoms with Gasteiger partial charge in [0.1, 0.15) is 5.75 Å². The SMILES string of the molecule is CC(C)(C)c1ccc(Oc2cc(Br)ccc2N)cc1. The Hall–Kier alpha value is -1.48. The van der Waals surface area contributed by atoms with Gasteiger partial charge in [-0.05, 0) is 41.3 Å². The summed E-state index contributed by atoms with van der Waals surface area (Å²) in [4.78, 5) is 0. The van der Waals surface area contributed by atoms with Gasteiger partial charge < -0.3 is 10.5 Å². The number of hydrogen-bond acceptors (Lipinski definition) is 2. The van der Waals surface area contributed by atoms with Crippen LogP contribution in [0.2, 0.25) is 0 Å². The molecule has 0 aliphatic heterocycles. The molecule has 2 aromatic carbocycles. The Balaban J connectivity index is 2.22. The van der Waals surface area contributed by atoms with Crippen LogP contribution in [0.15, 0.2) is 46.9 Å². The molecule has 0 saturated heterocycles. The Bertz CT molecular complexity index is 570. The predicted molar refractivity (Wildman–Crippen MR) is 83.8 cm³/mol. The van der Waals surface area contributed by atoms with Gasteiger partial charge in [0.2, 0.25) is 0 Å². The topological polar surface area (TPSA) is 35.2 Å². The van der Waals surface area contributed by atoms with Gasteiger partial charge in [0.15, 0.2) is 5.75 Å². The van der Waals surface area contributed by atoms with Gasteiger partial charge in [0.25, 0.3) is 0 Å². The van der Waals surface area contributed by atoms with Crippen LogP contribution in [0.3, 0.4) is 0 Å². The van der Waals surface area contributed by atoms with Crippen molar-refractivity contribution in [3.05, 3.63) is 52.5 Å². The maximum atomic E-state index is 5.89. The van der Waals surface area contributed by atoms with Crippen LogP contribution in [0.25, 0.3) is 0 Å². The Kier molecular flexibility index (Phi) is 3.85. The normalized spacial score (nSPS) is 11.4. The molecule has 0 spiro atoms. The molecule has 2 N–H and O–H groups in total. The first-order chi connectivity index (χ1) is 8.86. The minimum Gasteiger partial charge on any atom is -0.455 e. The molecule has 2 aromatic rings. The number of nitrogens with two attached hydrogens (primary N) is 1. The molecule has 0 bridgehead atoms. The molecule has 0 amide bonds. The zero-order chi connectivity index (χ0) is 14.0. The molecule has 19 heavy (non-hydrogen) atoms. The van der Waals surface area contributed by atoms with Crippen LogP contribution in [0.1, 0.15) is 26.3 Å². The van der Waals surface area contributed by atoms with Crippen LogP contribution < -0.4 is 10.5 Å². The summed E-state index contributed by atoms with van der Waals surface area (Å²) < 4.78 is 6.75. The highest BCUT2D eigenvalue weighted by Gasteiger charge is 2.13. The lowest BCUT2D eigenvalue weighted by Gasteiger charge is -2.19. The molecule has 2 nitrogen and oxygen atoms in total. The van der Waals surface area contributed by atoms with Gasteiger partial charge in [0.05, 0.1) is 5.69 Å². The van der Waals surface area contributed by atoms with Gasteiger partial charge >= 0.3 is 0 Å². The summed E-state index contributed by atoms with van der Waals surface area (Å²) >= 11 is 3.41. The number of hydrogen-bond donors (Lipinski definition) is 1. The van der Waals surface area contributed by atoms with E-state index in [4.69, 9.17) is 10.5 Å². The lowest BCUT2D eigenvalue weighted by atomic mass is 9.87. The zero-order valence-corrected chi connectivity index (χ0v) is 13.0. The molecule has 0 atom stereocenters. The van der Waals surface area contributed by atoms with E-state index in [1.807, 2.05) is 30.3 Å². The summed E-state index contributed by atoms with van der Waals surface area (Å²) in [6.45, 7) is 6.57. The van der Waals surface area contributed by atoms with Crippen molar-refractivity contribution in [2.24, 2.45) is 0 Å². The minimum absolute atomic E-state index is 0.146. The summed E-state index contributed by atoms with van der Waals surface area (Å²) in [6, 6.07) is 13.7. The first kappa shape index (κ1) is 13.9. The maximum Gasteiger partial charge on any atom is 0.151 e. The van der Waals surface area contributed by atoms with Gasteiger partial charge in [0, 0.05) is 4.47 Å². The van der Waals surface area contributed by atoms with Gasteiger partial charge in [-0.2, -0.15) is 0 Å². The lowest BCUT2D eigenvalue weighted by Crippen LogP contribution is -2.10. The summed E-state index contributed by atoms with van der Waals surface area (Å²) in [5, 5.41) is 0. The number of nitrogen functional groups attached to an aromatic ring is 1. The van der Waals surface area contributed by atoms with Crippen LogP contribution in [0, 0.1) is 0 Å². The number of benzene rings is 2. The number of halogens is 1. The Morgan fingerprint density at radius 3 is 2.21 bits per heavy atom. The Morgan fingerprint density at radius 2 is 1.63 bits per heavy atom. The molecule has 0 saturated carbocycles. The molecule has 0 unspecified atom stereocenters. The van der Waals surface area contributed by atoms with Crippen molar-refractivity contribution in [2.45, 2.75) is 26.2 Å². The first-order valence-electron chi connectivity index (χ1n) is 6.20. The van der Waals surface area contributed by atoms with Gasteiger partial charge in [-0.3, -0.25) is 0 Å². The van der Waals surface area contributed by atoms with E-state index in [1.165, 1.54) is 5.56 Å². The second-order valence-electron chi connectivity index (χ2n) is 5.56. The van der Waals surface area contributed by atoms with Crippen LogP contribution in [-0.2, 0) is 5.41 Å². The van der Waals surface area contributed by atoms with Crippen molar-refractivity contribution in [3.8, 4) is 11.5 Å². The number of ether oxygens (including phenoxy) is 1. The molecule has 0 aliphatic carbocycles. The van der Waals surface area contributed by atoms with E-state index in [9.17, 15) is 0 Å². The van der Waals surface area contributed by atoms with Crippen LogP contribution in [0.5, 0.6) is 11.5 Å². The van der Waals surface area contributed by atoms with Crippen molar-refractivity contribution < 1.29 is 4.74 Å². The summed E-state index contributed by atoms with van der Waals surface area (Å²) in [5.74, 6) is 1.45. The minimum atomic E-state index is 0.146. The van der Waals surface area contributed by atoms with E-state index in [0.29, 0.717) is 11.4 Å². The fourth-order valence-corrected chi connectivity index (χ4v) is 2.09. The molecule has 0 aliphatic rings. The first-order valence-corrected chi connectivity index (χ1v) is 6.99. The molecule has 0 radical (unpaired) electrons. The van der Waals surface area contributed by atoms with Crippen LogP contribution in [0.4, 0.5) is 5.69 Å². The third-order valence-electron chi connectivity index (χ3n) is 2.92. The van der Waals surface area contributed by atoms with E-state index < -0.39 is 0 Å². The highest BCUT2D eigenvalue weighted by molar-refractivity contribution is 9.10. The third kappa shape index (κ3) is 3.51. The van der Waals surface area contributed by atoms with Crippen molar-refractivity contribution in [3.63, 3.8) is 0 Å². The molecule has 3 heteroatoms. The van der Waals surface area contributed by atoms with E-state index >= 15 is 0 Å². The fourth-order valence-electron chi connectivity index (χ4n) is 1.75. The van der Waals surface area contributed by atoms with Crippen LogP contribution in [-0.4, -0.2) is 0 Å². The second-order valence-corrected chi connectivity index (χ2v) is 6.47. The molecule has 100 valence electrons. The largest absolute Gasteiger partial charge is 0.455 e. The summed E-state index contributed by atoms with van der Waals surface area (Å²) in [6.07, 6.45) is 0. The number of anilines is 1. The highest BCUT2D eigenvalue weighted by atomic mass is 79.9. The van der Waals surface area contributed by atoms with E-state index in [2.05, 4.69) is 48.8 Å². The van der Waals surface area contributed by atoms with Gasteiger partial charge in [-0.1, -0.05) is 48.8 Å². The second kappa shape index (κ2) is 5.25. The predicted octanol–water partition coefficient (Wildman–Crippen LogP) is 5.12. The summed E-state index contributed by atoms with van der Waals surface area (Å²) in [7, 11) is 0. The summed E-state index contributed by atoms with van der Waals surface area (Å²) in [5.41, 5.74) is 7.94. The average molecular weight is 320 g/mol. The molecular formula is C16H18BrNO. The maximum absolute atomic E-state index is 5.89. The van der Waals surface area contributed by atoms with Gasteiger partial charge in [-0.25, -0.2) is 0 Å². The highest BCUT2D eigenvalue weighted by Crippen LogP contribution is 2.31. The van der Waals surface area contributed by atoms with Crippen LogP contribution >= 0.6 is 15.9 Å². The quantitative estimate of drug-likeness (QED) is 0.779. The molecule has 0 heterocycles. The monoisotopic (exact) mass is 319 g/mol. The molecule has 0 aromatic heterocycles. The third-order valence-corrected chi connectivity index (χ3v) is 3.42. The fraction of sp³-hybridized carbons (Fsp3) is 0.250. The standard InChI is InChI=1S/C16H18BrNO/c1-16(2,3)11-4-7-13(8-5-11)19-15-10-12(17)6-9-14(15)18/h4-10H,18H2,1-3H3. The van der Waals surface area contributed by atoms with E-state index in [1.54, 1.807) is 0 Å². The Morgan fingerprint density at radius 1 is 1.00 bits per heavy atom. The van der Waals surface area contributed by atoms with E-state index in [0.717, 1.165) is 10.2 Å².